The van der Waals surface area contributed by atoms with E-state index in [2.05, 4.69) is 40.7 Å². The first-order valence-electron chi connectivity index (χ1n) is 8.76. The lowest BCUT2D eigenvalue weighted by Crippen LogP contribution is -2.47. The Labute approximate surface area is 134 Å². The summed E-state index contributed by atoms with van der Waals surface area (Å²) < 4.78 is 0. The van der Waals surface area contributed by atoms with Gasteiger partial charge in [0.15, 0.2) is 11.5 Å². The van der Waals surface area contributed by atoms with Crippen molar-refractivity contribution < 1.29 is 10.2 Å². The molecule has 1 aromatic rings. The van der Waals surface area contributed by atoms with Crippen LogP contribution in [0.5, 0.6) is 11.5 Å². The van der Waals surface area contributed by atoms with E-state index >= 15 is 0 Å². The molecule has 122 valence electrons. The molecule has 2 heteroatoms. The van der Waals surface area contributed by atoms with Crippen LogP contribution >= 0.6 is 0 Å². The van der Waals surface area contributed by atoms with Crippen molar-refractivity contribution in [3.05, 3.63) is 22.8 Å². The summed E-state index contributed by atoms with van der Waals surface area (Å²) in [4.78, 5) is 0. The Morgan fingerprint density at radius 2 is 1.77 bits per heavy atom. The molecule has 2 nitrogen and oxygen atoms in total. The summed E-state index contributed by atoms with van der Waals surface area (Å²) in [6.07, 6.45) is 5.79. The lowest BCUT2D eigenvalue weighted by Gasteiger charge is -2.54. The fourth-order valence-electron chi connectivity index (χ4n) is 5.44. The van der Waals surface area contributed by atoms with E-state index in [4.69, 9.17) is 0 Å². The van der Waals surface area contributed by atoms with Crippen LogP contribution in [0.3, 0.4) is 0 Å². The van der Waals surface area contributed by atoms with Gasteiger partial charge in [-0.25, -0.2) is 0 Å². The van der Waals surface area contributed by atoms with Gasteiger partial charge in [-0.05, 0) is 53.9 Å². The predicted octanol–water partition coefficient (Wildman–Crippen LogP) is 5.25. The second kappa shape index (κ2) is 4.91. The third kappa shape index (κ3) is 2.06. The van der Waals surface area contributed by atoms with Gasteiger partial charge in [0.1, 0.15) is 0 Å². The van der Waals surface area contributed by atoms with Gasteiger partial charge in [-0.2, -0.15) is 0 Å². The second-order valence-corrected chi connectivity index (χ2v) is 8.70. The predicted molar refractivity (Wildman–Crippen MR) is 90.7 cm³/mol. The molecule has 0 spiro atoms. The van der Waals surface area contributed by atoms with E-state index in [1.165, 1.54) is 24.8 Å². The SMILES string of the molecule is CC(C)c1cc2c(c(O)c1O)C1(C)CCCC(C)(C)C1CC2. The number of rotatable bonds is 1. The molecular formula is C20H30O2. The van der Waals surface area contributed by atoms with Crippen LogP contribution < -0.4 is 0 Å². The van der Waals surface area contributed by atoms with E-state index in [1.54, 1.807) is 0 Å². The Kier molecular flexibility index (Phi) is 3.50. The summed E-state index contributed by atoms with van der Waals surface area (Å²) in [7, 11) is 0. The van der Waals surface area contributed by atoms with Gasteiger partial charge in [-0.3, -0.25) is 0 Å². The number of fused-ring (bicyclic) bond motifs is 3. The summed E-state index contributed by atoms with van der Waals surface area (Å²) in [6, 6.07) is 2.15. The minimum absolute atomic E-state index is 0.00753. The van der Waals surface area contributed by atoms with Crippen LogP contribution in [0.15, 0.2) is 6.07 Å². The molecule has 1 fully saturated rings. The molecule has 0 radical (unpaired) electrons. The molecule has 0 heterocycles. The third-order valence-corrected chi connectivity index (χ3v) is 6.51. The molecule has 2 atom stereocenters. The number of hydrogen-bond donors (Lipinski definition) is 2. The molecule has 0 bridgehead atoms. The topological polar surface area (TPSA) is 40.5 Å². The van der Waals surface area contributed by atoms with Crippen LogP contribution in [0.1, 0.15) is 82.9 Å². The van der Waals surface area contributed by atoms with E-state index in [9.17, 15) is 10.2 Å². The molecular weight excluding hydrogens is 272 g/mol. The molecule has 1 saturated carbocycles. The first kappa shape index (κ1) is 15.7. The van der Waals surface area contributed by atoms with Gasteiger partial charge >= 0.3 is 0 Å². The molecule has 2 unspecified atom stereocenters. The van der Waals surface area contributed by atoms with Crippen molar-refractivity contribution in [2.75, 3.05) is 0 Å². The Morgan fingerprint density at radius 1 is 1.09 bits per heavy atom. The van der Waals surface area contributed by atoms with Gasteiger partial charge < -0.3 is 10.2 Å². The maximum absolute atomic E-state index is 10.8. The van der Waals surface area contributed by atoms with Crippen LogP contribution in [-0.4, -0.2) is 10.2 Å². The lowest BCUT2D eigenvalue weighted by atomic mass is 9.50. The minimum atomic E-state index is -0.00753. The largest absolute Gasteiger partial charge is 0.504 e. The Morgan fingerprint density at radius 3 is 2.41 bits per heavy atom. The lowest BCUT2D eigenvalue weighted by molar-refractivity contribution is 0.0389. The molecule has 0 aromatic heterocycles. The highest BCUT2D eigenvalue weighted by molar-refractivity contribution is 5.59. The zero-order valence-electron chi connectivity index (χ0n) is 14.7. The minimum Gasteiger partial charge on any atom is -0.504 e. The summed E-state index contributed by atoms with van der Waals surface area (Å²) >= 11 is 0. The van der Waals surface area contributed by atoms with Crippen molar-refractivity contribution in [1.29, 1.82) is 0 Å². The summed E-state index contributed by atoms with van der Waals surface area (Å²) in [5, 5.41) is 21.3. The number of hydrogen-bond acceptors (Lipinski definition) is 2. The summed E-state index contributed by atoms with van der Waals surface area (Å²) in [6.45, 7) is 11.2. The molecule has 22 heavy (non-hydrogen) atoms. The average Bonchev–Trinajstić information content (AvgIpc) is 2.40. The van der Waals surface area contributed by atoms with Gasteiger partial charge in [0.2, 0.25) is 0 Å². The zero-order chi connectivity index (χ0) is 16.3. The monoisotopic (exact) mass is 302 g/mol. The number of benzene rings is 1. The third-order valence-electron chi connectivity index (χ3n) is 6.51. The van der Waals surface area contributed by atoms with E-state index in [0.29, 0.717) is 11.3 Å². The van der Waals surface area contributed by atoms with E-state index in [0.717, 1.165) is 24.0 Å². The highest BCUT2D eigenvalue weighted by atomic mass is 16.3. The standard InChI is InChI=1S/C20H30O2/c1-12(2)14-11-13-7-8-15-19(3,4)9-6-10-20(15,5)16(13)18(22)17(14)21/h11-12,15,21-22H,6-10H2,1-5H3. The van der Waals surface area contributed by atoms with E-state index in [1.807, 2.05) is 0 Å². The number of aryl methyl sites for hydroxylation is 1. The Hall–Kier alpha value is -1.18. The van der Waals surface area contributed by atoms with Crippen molar-refractivity contribution >= 4 is 0 Å². The van der Waals surface area contributed by atoms with Gasteiger partial charge in [0, 0.05) is 11.1 Å². The van der Waals surface area contributed by atoms with Crippen molar-refractivity contribution in [2.45, 2.75) is 78.1 Å². The molecule has 0 amide bonds. The Balaban J connectivity index is 2.20. The normalized spacial score (nSPS) is 30.0. The van der Waals surface area contributed by atoms with Crippen molar-refractivity contribution in [3.63, 3.8) is 0 Å². The molecule has 2 aliphatic rings. The first-order chi connectivity index (χ1) is 10.2. The van der Waals surface area contributed by atoms with E-state index < -0.39 is 0 Å². The van der Waals surface area contributed by atoms with E-state index in [-0.39, 0.29) is 22.8 Å². The van der Waals surface area contributed by atoms with Crippen LogP contribution in [0.4, 0.5) is 0 Å². The van der Waals surface area contributed by atoms with Crippen molar-refractivity contribution in [3.8, 4) is 11.5 Å². The summed E-state index contributed by atoms with van der Waals surface area (Å²) in [5.74, 6) is 1.08. The van der Waals surface area contributed by atoms with Gasteiger partial charge in [-0.15, -0.1) is 0 Å². The van der Waals surface area contributed by atoms with Crippen molar-refractivity contribution in [2.24, 2.45) is 11.3 Å². The van der Waals surface area contributed by atoms with Crippen LogP contribution in [0.25, 0.3) is 0 Å². The molecule has 3 rings (SSSR count). The fourth-order valence-corrected chi connectivity index (χ4v) is 5.44. The van der Waals surface area contributed by atoms with Gasteiger partial charge in [0.05, 0.1) is 0 Å². The molecule has 0 saturated heterocycles. The highest BCUT2D eigenvalue weighted by Gasteiger charge is 2.51. The first-order valence-corrected chi connectivity index (χ1v) is 8.76. The van der Waals surface area contributed by atoms with Crippen LogP contribution in [0.2, 0.25) is 0 Å². The number of aromatic hydroxyl groups is 2. The molecule has 2 aliphatic carbocycles. The maximum Gasteiger partial charge on any atom is 0.161 e. The molecule has 0 aliphatic heterocycles. The second-order valence-electron chi connectivity index (χ2n) is 8.70. The highest BCUT2D eigenvalue weighted by Crippen LogP contribution is 2.60. The Bertz CT molecular complexity index is 600. The number of phenols is 2. The van der Waals surface area contributed by atoms with Gasteiger partial charge in [-0.1, -0.05) is 47.1 Å². The van der Waals surface area contributed by atoms with Crippen molar-refractivity contribution in [1.82, 2.24) is 0 Å². The summed E-state index contributed by atoms with van der Waals surface area (Å²) in [5.41, 5.74) is 3.48. The quantitative estimate of drug-likeness (QED) is 0.695. The molecule has 2 N–H and O–H groups in total. The zero-order valence-corrected chi connectivity index (χ0v) is 14.7. The smallest absolute Gasteiger partial charge is 0.161 e. The average molecular weight is 302 g/mol. The van der Waals surface area contributed by atoms with Crippen LogP contribution in [0, 0.1) is 11.3 Å². The van der Waals surface area contributed by atoms with Crippen LogP contribution in [-0.2, 0) is 11.8 Å². The van der Waals surface area contributed by atoms with Gasteiger partial charge in [0.25, 0.3) is 0 Å². The fraction of sp³-hybridized carbons (Fsp3) is 0.700. The maximum atomic E-state index is 10.8. The number of phenolic OH excluding ortho intramolecular Hbond substituents is 2. The molecule has 1 aromatic carbocycles.